The van der Waals surface area contributed by atoms with E-state index in [0.29, 0.717) is 35.7 Å². The SMILES string of the molecule is COc1ccc(Cl)cc1NS(=O)(=O)c1ccc2c(c1)CCCC(=O)N2. The fourth-order valence-electron chi connectivity index (χ4n) is 2.68. The second-order valence-electron chi connectivity index (χ2n) is 5.67. The average Bonchev–Trinajstić information content (AvgIpc) is 2.74. The molecule has 1 aliphatic rings. The molecule has 0 spiro atoms. The summed E-state index contributed by atoms with van der Waals surface area (Å²) in [5.41, 5.74) is 1.71. The summed E-state index contributed by atoms with van der Waals surface area (Å²) in [7, 11) is -2.37. The Kier molecular flexibility index (Phi) is 4.87. The van der Waals surface area contributed by atoms with E-state index < -0.39 is 10.0 Å². The Hall–Kier alpha value is -2.25. The van der Waals surface area contributed by atoms with E-state index >= 15 is 0 Å². The Morgan fingerprint density at radius 2 is 1.96 bits per heavy atom. The van der Waals surface area contributed by atoms with E-state index in [-0.39, 0.29) is 16.5 Å². The molecule has 2 N–H and O–H groups in total. The van der Waals surface area contributed by atoms with Gasteiger partial charge in [0, 0.05) is 17.1 Å². The topological polar surface area (TPSA) is 84.5 Å². The Morgan fingerprint density at radius 1 is 1.16 bits per heavy atom. The van der Waals surface area contributed by atoms with Crippen molar-refractivity contribution < 1.29 is 17.9 Å². The van der Waals surface area contributed by atoms with Crippen molar-refractivity contribution in [3.8, 4) is 5.75 Å². The van der Waals surface area contributed by atoms with Gasteiger partial charge in [-0.05, 0) is 54.8 Å². The lowest BCUT2D eigenvalue weighted by molar-refractivity contribution is -0.116. The van der Waals surface area contributed by atoms with Gasteiger partial charge in [0.2, 0.25) is 5.91 Å². The molecular weight excluding hydrogens is 364 g/mol. The summed E-state index contributed by atoms with van der Waals surface area (Å²) in [6.45, 7) is 0. The molecule has 25 heavy (non-hydrogen) atoms. The van der Waals surface area contributed by atoms with E-state index in [9.17, 15) is 13.2 Å². The number of rotatable bonds is 4. The number of benzene rings is 2. The molecule has 2 aromatic rings. The van der Waals surface area contributed by atoms with Crippen molar-refractivity contribution in [2.24, 2.45) is 0 Å². The largest absolute Gasteiger partial charge is 0.495 e. The van der Waals surface area contributed by atoms with Gasteiger partial charge >= 0.3 is 0 Å². The summed E-state index contributed by atoms with van der Waals surface area (Å²) in [5, 5.41) is 3.18. The third-order valence-electron chi connectivity index (χ3n) is 3.92. The van der Waals surface area contributed by atoms with Crippen LogP contribution in [0.1, 0.15) is 18.4 Å². The smallest absolute Gasteiger partial charge is 0.262 e. The van der Waals surface area contributed by atoms with Crippen LogP contribution in [0.2, 0.25) is 5.02 Å². The average molecular weight is 381 g/mol. The second-order valence-corrected chi connectivity index (χ2v) is 7.79. The van der Waals surface area contributed by atoms with Crippen LogP contribution in [-0.4, -0.2) is 21.4 Å². The molecule has 132 valence electrons. The minimum absolute atomic E-state index is 0.0591. The maximum atomic E-state index is 12.7. The summed E-state index contributed by atoms with van der Waals surface area (Å²) in [6.07, 6.45) is 1.74. The first kappa shape index (κ1) is 17.6. The van der Waals surface area contributed by atoms with Crippen LogP contribution in [0.15, 0.2) is 41.3 Å². The number of aryl methyl sites for hydroxylation is 1. The summed E-state index contributed by atoms with van der Waals surface area (Å²) < 4.78 is 33.1. The van der Waals surface area contributed by atoms with Crippen LogP contribution in [0.3, 0.4) is 0 Å². The van der Waals surface area contributed by atoms with Crippen LogP contribution in [0.25, 0.3) is 0 Å². The minimum atomic E-state index is -3.82. The first-order chi connectivity index (χ1) is 11.9. The summed E-state index contributed by atoms with van der Waals surface area (Å²) in [6, 6.07) is 9.35. The third-order valence-corrected chi connectivity index (χ3v) is 5.52. The lowest BCUT2D eigenvalue weighted by Crippen LogP contribution is -2.14. The van der Waals surface area contributed by atoms with Crippen molar-refractivity contribution in [2.75, 3.05) is 17.1 Å². The molecule has 1 aliphatic heterocycles. The lowest BCUT2D eigenvalue weighted by Gasteiger charge is -2.14. The van der Waals surface area contributed by atoms with Gasteiger partial charge in [0.15, 0.2) is 0 Å². The molecule has 0 saturated carbocycles. The van der Waals surface area contributed by atoms with Crippen molar-refractivity contribution in [3.05, 3.63) is 47.0 Å². The highest BCUT2D eigenvalue weighted by Gasteiger charge is 2.20. The quantitative estimate of drug-likeness (QED) is 0.851. The number of halogens is 1. The van der Waals surface area contributed by atoms with Gasteiger partial charge in [0.05, 0.1) is 17.7 Å². The molecule has 8 heteroatoms. The van der Waals surface area contributed by atoms with Crippen LogP contribution in [0, 0.1) is 0 Å². The molecule has 0 unspecified atom stereocenters. The molecule has 0 aromatic heterocycles. The molecule has 2 aromatic carbocycles. The van der Waals surface area contributed by atoms with Crippen molar-refractivity contribution in [3.63, 3.8) is 0 Å². The number of nitrogens with one attached hydrogen (secondary N) is 2. The number of amides is 1. The number of hydrogen-bond acceptors (Lipinski definition) is 4. The molecule has 0 bridgehead atoms. The van der Waals surface area contributed by atoms with E-state index in [1.54, 1.807) is 24.3 Å². The van der Waals surface area contributed by atoms with Crippen LogP contribution in [0.4, 0.5) is 11.4 Å². The van der Waals surface area contributed by atoms with Gasteiger partial charge < -0.3 is 10.1 Å². The Balaban J connectivity index is 1.94. The number of fused-ring (bicyclic) bond motifs is 1. The number of hydrogen-bond donors (Lipinski definition) is 2. The van der Waals surface area contributed by atoms with Crippen molar-refractivity contribution in [1.29, 1.82) is 0 Å². The number of methoxy groups -OCH3 is 1. The van der Waals surface area contributed by atoms with E-state index in [4.69, 9.17) is 16.3 Å². The molecular formula is C17H17ClN2O4S. The van der Waals surface area contributed by atoms with Gasteiger partial charge in [-0.1, -0.05) is 11.6 Å². The zero-order valence-corrected chi connectivity index (χ0v) is 15.1. The summed E-state index contributed by atoms with van der Waals surface area (Å²) in [5.74, 6) is 0.311. The van der Waals surface area contributed by atoms with Crippen molar-refractivity contribution >= 4 is 38.9 Å². The van der Waals surface area contributed by atoms with Crippen LogP contribution in [-0.2, 0) is 21.2 Å². The Morgan fingerprint density at radius 3 is 2.72 bits per heavy atom. The van der Waals surface area contributed by atoms with Gasteiger partial charge in [-0.25, -0.2) is 8.42 Å². The predicted octanol–water partition coefficient (Wildman–Crippen LogP) is 3.42. The fourth-order valence-corrected chi connectivity index (χ4v) is 3.97. The van der Waals surface area contributed by atoms with Crippen LogP contribution >= 0.6 is 11.6 Å². The van der Waals surface area contributed by atoms with E-state index in [0.717, 1.165) is 5.56 Å². The number of carbonyl (C=O) groups is 1. The first-order valence-corrected chi connectivity index (χ1v) is 9.54. The summed E-state index contributed by atoms with van der Waals surface area (Å²) in [4.78, 5) is 11.7. The maximum Gasteiger partial charge on any atom is 0.262 e. The van der Waals surface area contributed by atoms with Crippen molar-refractivity contribution in [1.82, 2.24) is 0 Å². The highest BCUT2D eigenvalue weighted by molar-refractivity contribution is 7.92. The molecule has 6 nitrogen and oxygen atoms in total. The van der Waals surface area contributed by atoms with Crippen LogP contribution in [0.5, 0.6) is 5.75 Å². The van der Waals surface area contributed by atoms with Crippen LogP contribution < -0.4 is 14.8 Å². The minimum Gasteiger partial charge on any atom is -0.495 e. The highest BCUT2D eigenvalue weighted by atomic mass is 35.5. The van der Waals surface area contributed by atoms with E-state index in [1.165, 1.54) is 19.2 Å². The zero-order chi connectivity index (χ0) is 18.0. The van der Waals surface area contributed by atoms with E-state index in [2.05, 4.69) is 10.0 Å². The molecule has 1 heterocycles. The van der Waals surface area contributed by atoms with Gasteiger partial charge in [0.25, 0.3) is 10.0 Å². The van der Waals surface area contributed by atoms with Gasteiger partial charge in [-0.2, -0.15) is 0 Å². The monoisotopic (exact) mass is 380 g/mol. The Bertz CT molecular complexity index is 928. The number of carbonyl (C=O) groups excluding carboxylic acids is 1. The molecule has 0 saturated heterocycles. The molecule has 0 atom stereocenters. The fraction of sp³-hybridized carbons (Fsp3) is 0.235. The molecule has 0 fully saturated rings. The Labute approximate surface area is 151 Å². The molecule has 3 rings (SSSR count). The zero-order valence-electron chi connectivity index (χ0n) is 13.5. The van der Waals surface area contributed by atoms with Gasteiger partial charge in [-0.15, -0.1) is 0 Å². The number of anilines is 2. The van der Waals surface area contributed by atoms with Gasteiger partial charge in [0.1, 0.15) is 5.75 Å². The van der Waals surface area contributed by atoms with Gasteiger partial charge in [-0.3, -0.25) is 9.52 Å². The first-order valence-electron chi connectivity index (χ1n) is 7.68. The van der Waals surface area contributed by atoms with E-state index in [1.807, 2.05) is 0 Å². The molecule has 0 radical (unpaired) electrons. The maximum absolute atomic E-state index is 12.7. The lowest BCUT2D eigenvalue weighted by atomic mass is 10.1. The molecule has 1 amide bonds. The number of ether oxygens (including phenoxy) is 1. The van der Waals surface area contributed by atoms with Crippen molar-refractivity contribution in [2.45, 2.75) is 24.2 Å². The third kappa shape index (κ3) is 3.88. The number of sulfonamides is 1. The highest BCUT2D eigenvalue weighted by Crippen LogP contribution is 2.31. The summed E-state index contributed by atoms with van der Waals surface area (Å²) >= 11 is 5.94. The standard InChI is InChI=1S/C17H17ClN2O4S/c1-24-16-8-5-12(18)10-15(16)20-25(22,23)13-6-7-14-11(9-13)3-2-4-17(21)19-14/h5-10,20H,2-4H2,1H3,(H,19,21). The normalized spacial score (nSPS) is 14.2. The second kappa shape index (κ2) is 6.93. The predicted molar refractivity (Wildman–Crippen MR) is 96.8 cm³/mol. The molecule has 0 aliphatic carbocycles.